The number of halogens is 3. The lowest BCUT2D eigenvalue weighted by Gasteiger charge is -2.06. The lowest BCUT2D eigenvalue weighted by Crippen LogP contribution is -2.07. The quantitative estimate of drug-likeness (QED) is 0.717. The summed E-state index contributed by atoms with van der Waals surface area (Å²) in [6.45, 7) is 0.538. The number of benzene rings is 1. The molecule has 0 bridgehead atoms. The van der Waals surface area contributed by atoms with Crippen LogP contribution in [0.4, 0.5) is 30.5 Å². The van der Waals surface area contributed by atoms with Crippen LogP contribution >= 0.6 is 0 Å². The molecule has 0 saturated heterocycles. The van der Waals surface area contributed by atoms with E-state index in [9.17, 15) is 13.2 Å². The van der Waals surface area contributed by atoms with Crippen LogP contribution < -0.4 is 11.1 Å². The van der Waals surface area contributed by atoms with Gasteiger partial charge in [-0.25, -0.2) is 9.97 Å². The number of nitrogen functional groups attached to an aromatic ring is 1. The molecule has 0 saturated carbocycles. The maximum Gasteiger partial charge on any atom is 0.419 e. The van der Waals surface area contributed by atoms with Gasteiger partial charge in [0.25, 0.3) is 0 Å². The second-order valence-corrected chi connectivity index (χ2v) is 5.09. The van der Waals surface area contributed by atoms with Gasteiger partial charge in [0.1, 0.15) is 0 Å². The van der Waals surface area contributed by atoms with E-state index in [1.807, 2.05) is 12.1 Å². The first-order valence-electron chi connectivity index (χ1n) is 6.93. The van der Waals surface area contributed by atoms with E-state index in [4.69, 9.17) is 5.73 Å². The molecule has 0 aliphatic heterocycles. The van der Waals surface area contributed by atoms with Gasteiger partial charge < -0.3 is 11.1 Å². The van der Waals surface area contributed by atoms with Crippen molar-refractivity contribution in [1.29, 1.82) is 0 Å². The van der Waals surface area contributed by atoms with Gasteiger partial charge in [0.15, 0.2) is 0 Å². The van der Waals surface area contributed by atoms with Crippen LogP contribution in [0.25, 0.3) is 0 Å². The minimum absolute atomic E-state index is 0.0648. The Morgan fingerprint density at radius 2 is 1.71 bits per heavy atom. The van der Waals surface area contributed by atoms with Gasteiger partial charge in [-0.3, -0.25) is 4.68 Å². The van der Waals surface area contributed by atoms with E-state index in [-0.39, 0.29) is 5.95 Å². The molecular formula is C15H13F3N6. The van der Waals surface area contributed by atoms with Crippen molar-refractivity contribution in [1.82, 2.24) is 19.7 Å². The highest BCUT2D eigenvalue weighted by molar-refractivity contribution is 5.50. The number of rotatable bonds is 4. The first-order chi connectivity index (χ1) is 11.4. The second-order valence-electron chi connectivity index (χ2n) is 5.09. The molecule has 0 radical (unpaired) electrons. The van der Waals surface area contributed by atoms with Crippen LogP contribution in [0, 0.1) is 0 Å². The Morgan fingerprint density at radius 1 is 1.04 bits per heavy atom. The molecule has 0 amide bonds. The molecule has 3 rings (SSSR count). The first kappa shape index (κ1) is 15.8. The van der Waals surface area contributed by atoms with Crippen molar-refractivity contribution in [3.05, 3.63) is 60.2 Å². The van der Waals surface area contributed by atoms with Crippen molar-refractivity contribution in [2.24, 2.45) is 0 Å². The monoisotopic (exact) mass is 334 g/mol. The number of hydrogen-bond donors (Lipinski definition) is 2. The summed E-state index contributed by atoms with van der Waals surface area (Å²) in [7, 11) is 0. The van der Waals surface area contributed by atoms with Gasteiger partial charge in [-0.1, -0.05) is 12.1 Å². The van der Waals surface area contributed by atoms with Crippen LogP contribution in [0.15, 0.2) is 49.1 Å². The molecule has 24 heavy (non-hydrogen) atoms. The summed E-state index contributed by atoms with van der Waals surface area (Å²) in [6.07, 6.45) is 0.250. The van der Waals surface area contributed by atoms with Crippen LogP contribution in [0.5, 0.6) is 0 Å². The van der Waals surface area contributed by atoms with E-state index >= 15 is 0 Å². The number of nitrogens with one attached hydrogen (secondary N) is 1. The molecule has 2 heterocycles. The molecule has 9 heteroatoms. The average Bonchev–Trinajstić information content (AvgIpc) is 2.96. The van der Waals surface area contributed by atoms with E-state index < -0.39 is 11.7 Å². The fourth-order valence-corrected chi connectivity index (χ4v) is 1.99. The van der Waals surface area contributed by atoms with E-state index in [0.717, 1.165) is 18.0 Å². The summed E-state index contributed by atoms with van der Waals surface area (Å²) in [6, 6.07) is 7.38. The predicted octanol–water partition coefficient (Wildman–Crippen LogP) is 3.07. The fraction of sp³-hybridized carbons (Fsp3) is 0.133. The number of hydrogen-bond acceptors (Lipinski definition) is 5. The normalized spacial score (nSPS) is 11.5. The minimum atomic E-state index is -4.46. The van der Waals surface area contributed by atoms with E-state index in [0.29, 0.717) is 17.9 Å². The molecule has 0 spiro atoms. The third kappa shape index (κ3) is 3.80. The summed E-state index contributed by atoms with van der Waals surface area (Å²) in [5, 5.41) is 6.98. The van der Waals surface area contributed by atoms with Crippen molar-refractivity contribution in [2.75, 3.05) is 11.1 Å². The van der Waals surface area contributed by atoms with Crippen LogP contribution in [0.1, 0.15) is 11.1 Å². The Labute approximate surface area is 135 Å². The number of anilines is 3. The van der Waals surface area contributed by atoms with Crippen molar-refractivity contribution in [3.8, 4) is 0 Å². The SMILES string of the molecule is Nc1ccc(Cn2cc(Nc3ncc(C(F)(F)F)cn3)cn2)cc1. The highest BCUT2D eigenvalue weighted by Crippen LogP contribution is 2.28. The van der Waals surface area contributed by atoms with Crippen molar-refractivity contribution in [2.45, 2.75) is 12.7 Å². The maximum atomic E-state index is 12.5. The van der Waals surface area contributed by atoms with Crippen molar-refractivity contribution >= 4 is 17.3 Å². The Morgan fingerprint density at radius 3 is 2.33 bits per heavy atom. The molecule has 0 unspecified atom stereocenters. The number of alkyl halides is 3. The van der Waals surface area contributed by atoms with Gasteiger partial charge >= 0.3 is 6.18 Å². The lowest BCUT2D eigenvalue weighted by atomic mass is 10.2. The van der Waals surface area contributed by atoms with E-state index in [2.05, 4.69) is 20.4 Å². The molecule has 1 aromatic carbocycles. The molecule has 0 aliphatic carbocycles. The van der Waals surface area contributed by atoms with Gasteiger partial charge in [-0.05, 0) is 17.7 Å². The first-order valence-corrected chi connectivity index (χ1v) is 6.93. The largest absolute Gasteiger partial charge is 0.419 e. The summed E-state index contributed by atoms with van der Waals surface area (Å²) in [4.78, 5) is 7.30. The predicted molar refractivity (Wildman–Crippen MR) is 82.5 cm³/mol. The zero-order valence-corrected chi connectivity index (χ0v) is 12.3. The Bertz CT molecular complexity index is 808. The molecular weight excluding hydrogens is 321 g/mol. The third-order valence-electron chi connectivity index (χ3n) is 3.19. The van der Waals surface area contributed by atoms with E-state index in [1.54, 1.807) is 29.2 Å². The van der Waals surface area contributed by atoms with Gasteiger partial charge in [-0.2, -0.15) is 18.3 Å². The summed E-state index contributed by atoms with van der Waals surface area (Å²) < 4.78 is 39.1. The van der Waals surface area contributed by atoms with Crippen LogP contribution in [0.3, 0.4) is 0 Å². The Balaban J connectivity index is 1.66. The molecule has 2 aromatic heterocycles. The van der Waals surface area contributed by atoms with Gasteiger partial charge in [-0.15, -0.1) is 0 Å². The maximum absolute atomic E-state index is 12.5. The van der Waals surface area contributed by atoms with Crippen molar-refractivity contribution < 1.29 is 13.2 Å². The van der Waals surface area contributed by atoms with Crippen LogP contribution in [-0.4, -0.2) is 19.7 Å². The van der Waals surface area contributed by atoms with Crippen molar-refractivity contribution in [3.63, 3.8) is 0 Å². The van der Waals surface area contributed by atoms with Gasteiger partial charge in [0, 0.05) is 24.3 Å². The Kier molecular flexibility index (Phi) is 4.07. The highest BCUT2D eigenvalue weighted by Gasteiger charge is 2.31. The molecule has 6 nitrogen and oxygen atoms in total. The second kappa shape index (κ2) is 6.19. The number of nitrogens with zero attached hydrogens (tertiary/aromatic N) is 4. The standard InChI is InChI=1S/C15H13F3N6/c16-15(17,18)11-5-20-14(21-6-11)23-13-7-22-24(9-13)8-10-1-3-12(19)4-2-10/h1-7,9H,8,19H2,(H,20,21,23). The zero-order chi connectivity index (χ0) is 17.2. The lowest BCUT2D eigenvalue weighted by molar-refractivity contribution is -0.138. The van der Waals surface area contributed by atoms with Gasteiger partial charge in [0.2, 0.25) is 5.95 Å². The number of nitrogens with two attached hydrogens (primary N) is 1. The fourth-order valence-electron chi connectivity index (χ4n) is 1.99. The topological polar surface area (TPSA) is 81.6 Å². The molecule has 0 aliphatic rings. The average molecular weight is 334 g/mol. The molecule has 3 aromatic rings. The van der Waals surface area contributed by atoms with E-state index in [1.165, 1.54) is 0 Å². The number of aromatic nitrogens is 4. The third-order valence-corrected chi connectivity index (χ3v) is 3.19. The molecule has 0 fully saturated rings. The summed E-state index contributed by atoms with van der Waals surface area (Å²) >= 11 is 0. The highest BCUT2D eigenvalue weighted by atomic mass is 19.4. The van der Waals surface area contributed by atoms with Crippen LogP contribution in [-0.2, 0) is 12.7 Å². The van der Waals surface area contributed by atoms with Crippen LogP contribution in [0.2, 0.25) is 0 Å². The molecule has 124 valence electrons. The Hall–Kier alpha value is -3.10. The molecule has 0 atom stereocenters. The molecule has 3 N–H and O–H groups in total. The zero-order valence-electron chi connectivity index (χ0n) is 12.3. The smallest absolute Gasteiger partial charge is 0.399 e. The van der Waals surface area contributed by atoms with Gasteiger partial charge in [0.05, 0.1) is 24.0 Å². The minimum Gasteiger partial charge on any atom is -0.399 e. The summed E-state index contributed by atoms with van der Waals surface area (Å²) in [5.41, 5.74) is 7.01. The summed E-state index contributed by atoms with van der Waals surface area (Å²) in [5.74, 6) is 0.0648.